The normalized spacial score (nSPS) is 23.7. The fourth-order valence-electron chi connectivity index (χ4n) is 1.93. The van der Waals surface area contributed by atoms with Gasteiger partial charge in [0.05, 0.1) is 12.5 Å². The third kappa shape index (κ3) is 2.23. The lowest BCUT2D eigenvalue weighted by Gasteiger charge is -2.10. The Morgan fingerprint density at radius 1 is 1.17 bits per heavy atom. The number of hydrogen-bond donors (Lipinski definition) is 0. The molecule has 18 heavy (non-hydrogen) atoms. The third-order valence-corrected chi connectivity index (χ3v) is 2.78. The van der Waals surface area contributed by atoms with Crippen LogP contribution in [-0.2, 0) is 28.7 Å². The summed E-state index contributed by atoms with van der Waals surface area (Å²) in [6, 6.07) is 0. The molecule has 1 aliphatic carbocycles. The quantitative estimate of drug-likeness (QED) is 0.389. The second-order valence-electron chi connectivity index (χ2n) is 4.37. The molecule has 0 bridgehead atoms. The maximum atomic E-state index is 11.8. The van der Waals surface area contributed by atoms with Crippen LogP contribution in [0.1, 0.15) is 20.8 Å². The van der Waals surface area contributed by atoms with E-state index in [0.717, 1.165) is 0 Å². The van der Waals surface area contributed by atoms with Crippen molar-refractivity contribution in [2.24, 2.45) is 17.8 Å². The number of rotatable bonds is 4. The minimum atomic E-state index is -1.80. The molecule has 0 N–H and O–H groups in total. The Balaban J connectivity index is 3.01. The van der Waals surface area contributed by atoms with Crippen LogP contribution in [0.2, 0.25) is 0 Å². The first-order chi connectivity index (χ1) is 8.32. The molecule has 0 radical (unpaired) electrons. The summed E-state index contributed by atoms with van der Waals surface area (Å²) in [6.45, 7) is 4.66. The number of ether oxygens (including phenoxy) is 1. The fourth-order valence-corrected chi connectivity index (χ4v) is 1.93. The van der Waals surface area contributed by atoms with Gasteiger partial charge in [-0.2, -0.15) is 0 Å². The average Bonchev–Trinajstić information content (AvgIpc) is 2.49. The molecule has 0 amide bonds. The first-order valence-corrected chi connectivity index (χ1v) is 5.65. The Morgan fingerprint density at radius 3 is 2.11 bits per heavy atom. The lowest BCUT2D eigenvalue weighted by molar-refractivity contribution is -0.157. The lowest BCUT2D eigenvalue weighted by Crippen LogP contribution is -2.34. The van der Waals surface area contributed by atoms with E-state index in [2.05, 4.69) is 4.74 Å². The van der Waals surface area contributed by atoms with Gasteiger partial charge >= 0.3 is 5.97 Å². The van der Waals surface area contributed by atoms with E-state index < -0.39 is 40.9 Å². The first-order valence-electron chi connectivity index (χ1n) is 5.65. The predicted octanol–water partition coefficient (Wildman–Crippen LogP) is -0.272. The van der Waals surface area contributed by atoms with E-state index in [-0.39, 0.29) is 12.5 Å². The minimum absolute atomic E-state index is 0.0404. The van der Waals surface area contributed by atoms with Gasteiger partial charge in [0.25, 0.3) is 5.78 Å². The number of hydrogen-bond acceptors (Lipinski definition) is 6. The smallest absolute Gasteiger partial charge is 0.375 e. The first kappa shape index (κ1) is 14.2. The molecule has 1 rings (SSSR count). The van der Waals surface area contributed by atoms with Crippen LogP contribution in [0, 0.1) is 17.8 Å². The zero-order valence-corrected chi connectivity index (χ0v) is 10.4. The van der Waals surface area contributed by atoms with Crippen LogP contribution in [0.3, 0.4) is 0 Å². The summed E-state index contributed by atoms with van der Waals surface area (Å²) in [6.07, 6.45) is 0. The molecule has 1 saturated carbocycles. The number of esters is 1. The molecule has 1 aliphatic rings. The summed E-state index contributed by atoms with van der Waals surface area (Å²) in [5.74, 6) is -8.59. The van der Waals surface area contributed by atoms with Crippen LogP contribution in [0.4, 0.5) is 0 Å². The molecule has 0 aromatic carbocycles. The van der Waals surface area contributed by atoms with Crippen LogP contribution in [0.5, 0.6) is 0 Å². The summed E-state index contributed by atoms with van der Waals surface area (Å²) >= 11 is 0. The van der Waals surface area contributed by atoms with Crippen LogP contribution in [-0.4, -0.2) is 35.7 Å². The van der Waals surface area contributed by atoms with Crippen molar-refractivity contribution in [1.29, 1.82) is 0 Å². The van der Waals surface area contributed by atoms with Gasteiger partial charge in [0.1, 0.15) is 0 Å². The molecule has 98 valence electrons. The Hall–Kier alpha value is -1.85. The molecule has 0 saturated heterocycles. The van der Waals surface area contributed by atoms with E-state index in [1.807, 2.05) is 0 Å². The summed E-state index contributed by atoms with van der Waals surface area (Å²) in [4.78, 5) is 57.8. The molecule has 0 aromatic heterocycles. The van der Waals surface area contributed by atoms with Crippen molar-refractivity contribution in [3.63, 3.8) is 0 Å². The van der Waals surface area contributed by atoms with E-state index in [1.54, 1.807) is 13.8 Å². The lowest BCUT2D eigenvalue weighted by atomic mass is 9.90. The van der Waals surface area contributed by atoms with E-state index in [0.29, 0.717) is 0 Å². The highest BCUT2D eigenvalue weighted by Gasteiger charge is 2.54. The Bertz CT molecular complexity index is 434. The second-order valence-corrected chi connectivity index (χ2v) is 4.37. The Labute approximate surface area is 104 Å². The standard InChI is InChI=1S/C12H14O6/c1-4-18-12(17)11(16)7-8(13)6(5(2)3)9(14)10(7)15/h5-7H,4H2,1-3H3. The topological polar surface area (TPSA) is 94.6 Å². The predicted molar refractivity (Wildman–Crippen MR) is 58.5 cm³/mol. The Kier molecular flexibility index (Phi) is 4.11. The monoisotopic (exact) mass is 254 g/mol. The molecule has 6 nitrogen and oxygen atoms in total. The zero-order valence-electron chi connectivity index (χ0n) is 10.4. The van der Waals surface area contributed by atoms with E-state index in [4.69, 9.17) is 0 Å². The molecule has 0 heterocycles. The van der Waals surface area contributed by atoms with Crippen LogP contribution in [0.15, 0.2) is 0 Å². The maximum absolute atomic E-state index is 11.8. The van der Waals surface area contributed by atoms with Crippen molar-refractivity contribution in [1.82, 2.24) is 0 Å². The van der Waals surface area contributed by atoms with Crippen molar-refractivity contribution in [2.45, 2.75) is 20.8 Å². The fraction of sp³-hybridized carbons (Fsp3) is 0.583. The molecule has 1 fully saturated rings. The van der Waals surface area contributed by atoms with Crippen molar-refractivity contribution >= 4 is 29.1 Å². The summed E-state index contributed by atoms with van der Waals surface area (Å²) in [5, 5.41) is 0. The Morgan fingerprint density at radius 2 is 1.72 bits per heavy atom. The van der Waals surface area contributed by atoms with Gasteiger partial charge in [0.15, 0.2) is 11.7 Å². The maximum Gasteiger partial charge on any atom is 0.375 e. The van der Waals surface area contributed by atoms with Crippen molar-refractivity contribution in [3.05, 3.63) is 0 Å². The van der Waals surface area contributed by atoms with Crippen LogP contribution >= 0.6 is 0 Å². The van der Waals surface area contributed by atoms with E-state index in [9.17, 15) is 24.0 Å². The van der Waals surface area contributed by atoms with E-state index >= 15 is 0 Å². The molecule has 2 atom stereocenters. The molecule has 0 aliphatic heterocycles. The average molecular weight is 254 g/mol. The van der Waals surface area contributed by atoms with Crippen molar-refractivity contribution in [2.75, 3.05) is 6.61 Å². The number of ketones is 4. The summed E-state index contributed by atoms with van der Waals surface area (Å²) in [7, 11) is 0. The second kappa shape index (κ2) is 5.20. The van der Waals surface area contributed by atoms with Crippen LogP contribution < -0.4 is 0 Å². The van der Waals surface area contributed by atoms with Crippen molar-refractivity contribution in [3.8, 4) is 0 Å². The van der Waals surface area contributed by atoms with Gasteiger partial charge in [-0.1, -0.05) is 13.8 Å². The zero-order chi connectivity index (χ0) is 14.0. The van der Waals surface area contributed by atoms with E-state index in [1.165, 1.54) is 6.92 Å². The number of carbonyl (C=O) groups excluding carboxylic acids is 5. The molecule has 0 spiro atoms. The largest absolute Gasteiger partial charge is 0.460 e. The van der Waals surface area contributed by atoms with Gasteiger partial charge in [-0.15, -0.1) is 0 Å². The van der Waals surface area contributed by atoms with Gasteiger partial charge in [0, 0.05) is 0 Å². The summed E-state index contributed by atoms with van der Waals surface area (Å²) < 4.78 is 4.44. The molecular formula is C12H14O6. The van der Waals surface area contributed by atoms with Gasteiger partial charge in [-0.25, -0.2) is 4.79 Å². The van der Waals surface area contributed by atoms with Gasteiger partial charge in [0.2, 0.25) is 11.6 Å². The molecule has 6 heteroatoms. The third-order valence-electron chi connectivity index (χ3n) is 2.78. The van der Waals surface area contributed by atoms with Gasteiger partial charge in [-0.3, -0.25) is 19.2 Å². The molecular weight excluding hydrogens is 240 g/mol. The molecule has 0 aromatic rings. The van der Waals surface area contributed by atoms with Crippen LogP contribution in [0.25, 0.3) is 0 Å². The van der Waals surface area contributed by atoms with Gasteiger partial charge < -0.3 is 4.74 Å². The highest BCUT2D eigenvalue weighted by molar-refractivity contribution is 6.60. The summed E-state index contributed by atoms with van der Waals surface area (Å²) in [5.41, 5.74) is 0. The van der Waals surface area contributed by atoms with Gasteiger partial charge in [-0.05, 0) is 12.8 Å². The minimum Gasteiger partial charge on any atom is -0.460 e. The molecule has 2 unspecified atom stereocenters. The highest BCUT2D eigenvalue weighted by atomic mass is 16.5. The number of carbonyl (C=O) groups is 5. The number of Topliss-reactive ketones (excluding diaryl/α,β-unsaturated/α-hetero) is 4. The highest BCUT2D eigenvalue weighted by Crippen LogP contribution is 2.28. The SMILES string of the molecule is CCOC(=O)C(=O)C1C(=O)C(=O)C(C(C)C)C1=O. The van der Waals surface area contributed by atoms with Crippen molar-refractivity contribution < 1.29 is 28.7 Å².